The van der Waals surface area contributed by atoms with Crippen molar-refractivity contribution in [3.63, 3.8) is 0 Å². The number of rotatable bonds is 4. The number of halogens is 1. The smallest absolute Gasteiger partial charge is 0.260 e. The van der Waals surface area contributed by atoms with E-state index in [1.54, 1.807) is 41.6 Å². The van der Waals surface area contributed by atoms with Gasteiger partial charge in [-0.1, -0.05) is 35.6 Å². The van der Waals surface area contributed by atoms with Gasteiger partial charge in [-0.05, 0) is 42.0 Å². The molecule has 0 bridgehead atoms. The van der Waals surface area contributed by atoms with E-state index in [2.05, 4.69) is 9.97 Å². The van der Waals surface area contributed by atoms with Crippen molar-refractivity contribution in [3.8, 4) is 0 Å². The molecule has 6 heteroatoms. The molecule has 4 rings (SSSR count). The molecule has 2 aromatic heterocycles. The van der Waals surface area contributed by atoms with Crippen LogP contribution in [0.3, 0.4) is 0 Å². The number of aromatic nitrogens is 2. The average Bonchev–Trinajstić information content (AvgIpc) is 3.11. The van der Waals surface area contributed by atoms with Gasteiger partial charge >= 0.3 is 0 Å². The molecular weight excluding hydrogens is 349 g/mol. The third-order valence-corrected chi connectivity index (χ3v) is 5.00. The van der Waals surface area contributed by atoms with Crippen molar-refractivity contribution in [2.24, 2.45) is 0 Å². The summed E-state index contributed by atoms with van der Waals surface area (Å²) in [5.41, 5.74) is 2.20. The quantitative estimate of drug-likeness (QED) is 0.529. The molecule has 4 nitrogen and oxygen atoms in total. The summed E-state index contributed by atoms with van der Waals surface area (Å²) in [5, 5.41) is 0.609. The lowest BCUT2D eigenvalue weighted by Crippen LogP contribution is -2.30. The third kappa shape index (κ3) is 3.32. The fraction of sp³-hybridized carbons (Fsp3) is 0.0500. The number of para-hydroxylation sites is 1. The number of hydrogen-bond donors (Lipinski definition) is 0. The van der Waals surface area contributed by atoms with Gasteiger partial charge in [-0.15, -0.1) is 0 Å². The monoisotopic (exact) mass is 363 g/mol. The molecule has 0 N–H and O–H groups in total. The highest BCUT2D eigenvalue weighted by molar-refractivity contribution is 7.22. The van der Waals surface area contributed by atoms with Gasteiger partial charge in [0.15, 0.2) is 5.13 Å². The first-order chi connectivity index (χ1) is 12.7. The zero-order valence-corrected chi connectivity index (χ0v) is 14.5. The number of pyridine rings is 1. The number of nitrogens with zero attached hydrogens (tertiary/aromatic N) is 3. The molecule has 0 fully saturated rings. The summed E-state index contributed by atoms with van der Waals surface area (Å²) in [5.74, 6) is -0.475. The summed E-state index contributed by atoms with van der Waals surface area (Å²) in [7, 11) is 0. The Labute approximate surface area is 153 Å². The number of benzene rings is 2. The molecular formula is C20H14FN3OS. The first-order valence-electron chi connectivity index (χ1n) is 8.02. The first kappa shape index (κ1) is 16.4. The molecule has 0 unspecified atom stereocenters. The van der Waals surface area contributed by atoms with Crippen LogP contribution in [-0.4, -0.2) is 15.9 Å². The highest BCUT2D eigenvalue weighted by atomic mass is 32.1. The largest absolute Gasteiger partial charge is 0.279 e. The van der Waals surface area contributed by atoms with Crippen LogP contribution >= 0.6 is 11.3 Å². The zero-order chi connectivity index (χ0) is 17.9. The van der Waals surface area contributed by atoms with Crippen molar-refractivity contribution in [1.29, 1.82) is 0 Å². The average molecular weight is 363 g/mol. The van der Waals surface area contributed by atoms with E-state index in [9.17, 15) is 9.18 Å². The number of anilines is 1. The number of carbonyl (C=O) groups excluding carboxylic acids is 1. The Morgan fingerprint density at radius 3 is 2.46 bits per heavy atom. The molecule has 0 saturated carbocycles. The molecule has 26 heavy (non-hydrogen) atoms. The summed E-state index contributed by atoms with van der Waals surface area (Å²) < 4.78 is 14.2. The predicted molar refractivity (Wildman–Crippen MR) is 101 cm³/mol. The van der Waals surface area contributed by atoms with E-state index in [4.69, 9.17) is 0 Å². The lowest BCUT2D eigenvalue weighted by atomic mass is 10.2. The van der Waals surface area contributed by atoms with Gasteiger partial charge in [0.1, 0.15) is 5.82 Å². The molecule has 128 valence electrons. The predicted octanol–water partition coefficient (Wildman–Crippen LogP) is 4.68. The maximum absolute atomic E-state index is 13.2. The van der Waals surface area contributed by atoms with E-state index in [0.29, 0.717) is 17.2 Å². The van der Waals surface area contributed by atoms with E-state index >= 15 is 0 Å². The Morgan fingerprint density at radius 1 is 1.00 bits per heavy atom. The van der Waals surface area contributed by atoms with Crippen LogP contribution in [0.1, 0.15) is 15.9 Å². The molecule has 4 aromatic rings. The standard InChI is InChI=1S/C20H14FN3OS/c21-16-7-5-14(6-8-16)13-24(19(25)15-9-11-22-12-10-15)20-23-17-3-1-2-4-18(17)26-20/h1-12H,13H2. The van der Waals surface area contributed by atoms with Crippen molar-refractivity contribution in [1.82, 2.24) is 9.97 Å². The second kappa shape index (κ2) is 7.01. The Balaban J connectivity index is 1.75. The maximum Gasteiger partial charge on any atom is 0.260 e. The van der Waals surface area contributed by atoms with Gasteiger partial charge in [-0.3, -0.25) is 14.7 Å². The fourth-order valence-corrected chi connectivity index (χ4v) is 3.59. The summed E-state index contributed by atoms with van der Waals surface area (Å²) in [6, 6.07) is 17.2. The molecule has 0 aliphatic heterocycles. The van der Waals surface area contributed by atoms with E-state index in [1.807, 2.05) is 24.3 Å². The van der Waals surface area contributed by atoms with Gasteiger partial charge < -0.3 is 0 Å². The van der Waals surface area contributed by atoms with Crippen LogP contribution in [-0.2, 0) is 6.54 Å². The van der Waals surface area contributed by atoms with Gasteiger partial charge in [-0.2, -0.15) is 0 Å². The highest BCUT2D eigenvalue weighted by Gasteiger charge is 2.21. The number of hydrogen-bond acceptors (Lipinski definition) is 4. The normalized spacial score (nSPS) is 10.8. The molecule has 0 aliphatic carbocycles. The zero-order valence-electron chi connectivity index (χ0n) is 13.7. The van der Waals surface area contributed by atoms with Crippen LogP contribution in [0.5, 0.6) is 0 Å². The van der Waals surface area contributed by atoms with E-state index < -0.39 is 0 Å². The van der Waals surface area contributed by atoms with Crippen LogP contribution < -0.4 is 4.90 Å². The number of amides is 1. The molecule has 0 aliphatic rings. The van der Waals surface area contributed by atoms with Crippen LogP contribution in [0.15, 0.2) is 73.1 Å². The van der Waals surface area contributed by atoms with E-state index in [1.165, 1.54) is 23.5 Å². The van der Waals surface area contributed by atoms with Crippen molar-refractivity contribution < 1.29 is 9.18 Å². The van der Waals surface area contributed by atoms with Gasteiger partial charge in [0, 0.05) is 18.0 Å². The topological polar surface area (TPSA) is 46.1 Å². The minimum absolute atomic E-state index is 0.171. The van der Waals surface area contributed by atoms with Gasteiger partial charge in [0.05, 0.1) is 16.8 Å². The van der Waals surface area contributed by atoms with Crippen LogP contribution in [0.4, 0.5) is 9.52 Å². The van der Waals surface area contributed by atoms with Crippen molar-refractivity contribution in [3.05, 3.63) is 90.0 Å². The SMILES string of the molecule is O=C(c1ccncc1)N(Cc1ccc(F)cc1)c1nc2ccccc2s1. The summed E-state index contributed by atoms with van der Waals surface area (Å²) in [4.78, 5) is 23.3. The van der Waals surface area contributed by atoms with Crippen molar-refractivity contribution in [2.75, 3.05) is 4.90 Å². The van der Waals surface area contributed by atoms with E-state index in [0.717, 1.165) is 15.8 Å². The maximum atomic E-state index is 13.2. The van der Waals surface area contributed by atoms with Crippen LogP contribution in [0.2, 0.25) is 0 Å². The number of carbonyl (C=O) groups is 1. The van der Waals surface area contributed by atoms with Gasteiger partial charge in [0.2, 0.25) is 0 Å². The molecule has 2 aromatic carbocycles. The number of thiazole rings is 1. The number of fused-ring (bicyclic) bond motifs is 1. The highest BCUT2D eigenvalue weighted by Crippen LogP contribution is 2.30. The van der Waals surface area contributed by atoms with Gasteiger partial charge in [0.25, 0.3) is 5.91 Å². The fourth-order valence-electron chi connectivity index (χ4n) is 2.62. The molecule has 0 saturated heterocycles. The Kier molecular flexibility index (Phi) is 4.41. The molecule has 1 amide bonds. The second-order valence-corrected chi connectivity index (χ2v) is 6.73. The van der Waals surface area contributed by atoms with Crippen molar-refractivity contribution >= 4 is 32.6 Å². The summed E-state index contributed by atoms with van der Waals surface area (Å²) in [6.07, 6.45) is 3.17. The minimum Gasteiger partial charge on any atom is -0.279 e. The Bertz CT molecular complexity index is 1010. The van der Waals surface area contributed by atoms with Gasteiger partial charge in [-0.25, -0.2) is 9.37 Å². The third-order valence-electron chi connectivity index (χ3n) is 3.94. The Morgan fingerprint density at radius 2 is 1.73 bits per heavy atom. The molecule has 0 spiro atoms. The second-order valence-electron chi connectivity index (χ2n) is 5.72. The van der Waals surface area contributed by atoms with Crippen LogP contribution in [0, 0.1) is 5.82 Å². The summed E-state index contributed by atoms with van der Waals surface area (Å²) in [6.45, 7) is 0.307. The summed E-state index contributed by atoms with van der Waals surface area (Å²) >= 11 is 1.46. The first-order valence-corrected chi connectivity index (χ1v) is 8.84. The van der Waals surface area contributed by atoms with E-state index in [-0.39, 0.29) is 11.7 Å². The van der Waals surface area contributed by atoms with Crippen LogP contribution in [0.25, 0.3) is 10.2 Å². The minimum atomic E-state index is -0.305. The molecule has 2 heterocycles. The molecule has 0 radical (unpaired) electrons. The Hall–Kier alpha value is -3.12. The lowest BCUT2D eigenvalue weighted by molar-refractivity contribution is 0.0985. The lowest BCUT2D eigenvalue weighted by Gasteiger charge is -2.20. The van der Waals surface area contributed by atoms with Crippen molar-refractivity contribution in [2.45, 2.75) is 6.54 Å². The molecule has 0 atom stereocenters.